The van der Waals surface area contributed by atoms with Gasteiger partial charge in [0.25, 0.3) is 0 Å². The van der Waals surface area contributed by atoms with Gasteiger partial charge in [0.05, 0.1) is 0 Å². The molecule has 2 unspecified atom stereocenters. The Morgan fingerprint density at radius 1 is 1.47 bits per heavy atom. The average molecular weight is 245 g/mol. The van der Waals surface area contributed by atoms with Crippen LogP contribution >= 0.6 is 11.8 Å². The van der Waals surface area contributed by atoms with Crippen molar-refractivity contribution in [1.82, 2.24) is 5.32 Å². The van der Waals surface area contributed by atoms with Gasteiger partial charge in [-0.3, -0.25) is 0 Å². The normalized spacial score (nSPS) is 19.3. The Balaban J connectivity index is 2.05. The van der Waals surface area contributed by atoms with Crippen LogP contribution in [0.1, 0.15) is 25.8 Å². The highest BCUT2D eigenvalue weighted by atomic mass is 32.2. The van der Waals surface area contributed by atoms with E-state index in [1.54, 1.807) is 0 Å². The van der Waals surface area contributed by atoms with Gasteiger partial charge in [0.2, 0.25) is 0 Å². The van der Waals surface area contributed by atoms with Gasteiger partial charge in [-0.1, -0.05) is 25.1 Å². The summed E-state index contributed by atoms with van der Waals surface area (Å²) in [6, 6.07) is 9.24. The van der Waals surface area contributed by atoms with Crippen LogP contribution < -0.4 is 5.32 Å². The van der Waals surface area contributed by atoms with Crippen LogP contribution in [-0.4, -0.2) is 17.8 Å². The summed E-state index contributed by atoms with van der Waals surface area (Å²) in [6.07, 6.45) is 2.12. The first-order valence-electron chi connectivity index (χ1n) is 6.22. The Morgan fingerprint density at radius 3 is 3.00 bits per heavy atom. The van der Waals surface area contributed by atoms with E-state index in [-0.39, 0.29) is 0 Å². The first kappa shape index (κ1) is 12.5. The van der Waals surface area contributed by atoms with E-state index in [0.717, 1.165) is 13.0 Å². The van der Waals surface area contributed by atoms with Crippen molar-refractivity contribution in [3.05, 3.63) is 29.8 Å². The van der Waals surface area contributed by atoms with Crippen LogP contribution in [0.15, 0.2) is 29.2 Å². The minimum atomic E-state index is 0.504. The van der Waals surface area contributed by atoms with Crippen molar-refractivity contribution in [3.8, 4) is 11.8 Å². The van der Waals surface area contributed by atoms with Gasteiger partial charge in [0.15, 0.2) is 0 Å². The van der Waals surface area contributed by atoms with E-state index in [4.69, 9.17) is 0 Å². The average Bonchev–Trinajstić information content (AvgIpc) is 2.78. The van der Waals surface area contributed by atoms with Crippen LogP contribution in [0.2, 0.25) is 0 Å². The summed E-state index contributed by atoms with van der Waals surface area (Å²) in [4.78, 5) is 1.45. The molecule has 1 aliphatic heterocycles. The van der Waals surface area contributed by atoms with Crippen molar-refractivity contribution in [3.63, 3.8) is 0 Å². The van der Waals surface area contributed by atoms with E-state index < -0.39 is 0 Å². The van der Waals surface area contributed by atoms with E-state index in [9.17, 15) is 0 Å². The lowest BCUT2D eigenvalue weighted by atomic mass is 10.0. The molecule has 0 fully saturated rings. The molecular formula is C15H19NS. The summed E-state index contributed by atoms with van der Waals surface area (Å²) in [5.74, 6) is 6.21. The highest BCUT2D eigenvalue weighted by molar-refractivity contribution is 8.00. The molecule has 0 radical (unpaired) electrons. The molecule has 1 aromatic rings. The third-order valence-corrected chi connectivity index (χ3v) is 4.54. The molecular weight excluding hydrogens is 226 g/mol. The Kier molecular flexibility index (Phi) is 4.53. The van der Waals surface area contributed by atoms with Crippen molar-refractivity contribution < 1.29 is 0 Å². The van der Waals surface area contributed by atoms with E-state index in [1.807, 2.05) is 18.7 Å². The fraction of sp³-hybridized carbons (Fsp3) is 0.467. The lowest BCUT2D eigenvalue weighted by molar-refractivity contribution is 0.518. The zero-order valence-electron chi connectivity index (χ0n) is 10.5. The van der Waals surface area contributed by atoms with Gasteiger partial charge < -0.3 is 5.32 Å². The van der Waals surface area contributed by atoms with Crippen LogP contribution in [0, 0.1) is 11.8 Å². The van der Waals surface area contributed by atoms with E-state index in [2.05, 4.69) is 48.3 Å². The number of thioether (sulfide) groups is 1. The Labute approximate surface area is 108 Å². The van der Waals surface area contributed by atoms with Crippen LogP contribution in [-0.2, 0) is 6.42 Å². The quantitative estimate of drug-likeness (QED) is 0.818. The monoisotopic (exact) mass is 245 g/mol. The van der Waals surface area contributed by atoms with Crippen molar-refractivity contribution in [1.29, 1.82) is 0 Å². The SMILES string of the molecule is CC#CCC(NCC)C1Cc2ccccc2S1. The molecule has 2 rings (SSSR count). The minimum absolute atomic E-state index is 0.504. The molecule has 0 saturated carbocycles. The molecule has 1 N–H and O–H groups in total. The fourth-order valence-electron chi connectivity index (χ4n) is 2.24. The number of fused-ring (bicyclic) bond motifs is 1. The molecule has 1 aromatic carbocycles. The molecule has 0 spiro atoms. The zero-order chi connectivity index (χ0) is 12.1. The fourth-order valence-corrected chi connectivity index (χ4v) is 3.65. The van der Waals surface area contributed by atoms with Crippen LogP contribution in [0.5, 0.6) is 0 Å². The molecule has 0 bridgehead atoms. The van der Waals surface area contributed by atoms with Gasteiger partial charge in [-0.05, 0) is 31.5 Å². The Morgan fingerprint density at radius 2 is 2.29 bits per heavy atom. The molecule has 90 valence electrons. The topological polar surface area (TPSA) is 12.0 Å². The molecule has 0 aliphatic carbocycles. The summed E-state index contributed by atoms with van der Waals surface area (Å²) < 4.78 is 0. The molecule has 17 heavy (non-hydrogen) atoms. The number of hydrogen-bond donors (Lipinski definition) is 1. The minimum Gasteiger partial charge on any atom is -0.312 e. The highest BCUT2D eigenvalue weighted by Crippen LogP contribution is 2.38. The predicted octanol–water partition coefficient (Wildman–Crippen LogP) is 3.09. The molecule has 2 atom stereocenters. The number of benzene rings is 1. The maximum Gasteiger partial charge on any atom is 0.0302 e. The van der Waals surface area contributed by atoms with Gasteiger partial charge in [0.1, 0.15) is 0 Å². The van der Waals surface area contributed by atoms with E-state index in [0.29, 0.717) is 11.3 Å². The number of hydrogen-bond acceptors (Lipinski definition) is 2. The zero-order valence-corrected chi connectivity index (χ0v) is 11.3. The van der Waals surface area contributed by atoms with Crippen LogP contribution in [0.3, 0.4) is 0 Å². The van der Waals surface area contributed by atoms with E-state index >= 15 is 0 Å². The molecule has 0 amide bonds. The second-order valence-corrected chi connectivity index (χ2v) is 5.54. The lowest BCUT2D eigenvalue weighted by Gasteiger charge is -2.21. The third-order valence-electron chi connectivity index (χ3n) is 3.09. The maximum atomic E-state index is 3.57. The summed E-state index contributed by atoms with van der Waals surface area (Å²) in [7, 11) is 0. The Hall–Kier alpha value is -0.910. The maximum absolute atomic E-state index is 3.57. The van der Waals surface area contributed by atoms with Crippen molar-refractivity contribution in [2.75, 3.05) is 6.54 Å². The van der Waals surface area contributed by atoms with Crippen LogP contribution in [0.4, 0.5) is 0 Å². The summed E-state index contributed by atoms with van der Waals surface area (Å²) >= 11 is 2.00. The number of nitrogens with one attached hydrogen (secondary N) is 1. The molecule has 0 aromatic heterocycles. The number of rotatable bonds is 4. The molecule has 1 aliphatic rings. The Bertz CT molecular complexity index is 405. The van der Waals surface area contributed by atoms with Crippen molar-refractivity contribution in [2.45, 2.75) is 42.9 Å². The predicted molar refractivity (Wildman–Crippen MR) is 75.3 cm³/mol. The summed E-state index contributed by atoms with van der Waals surface area (Å²) in [6.45, 7) is 5.10. The van der Waals surface area contributed by atoms with Crippen molar-refractivity contribution >= 4 is 11.8 Å². The molecule has 1 nitrogen and oxygen atoms in total. The van der Waals surface area contributed by atoms with Gasteiger partial charge in [0, 0.05) is 22.6 Å². The second-order valence-electron chi connectivity index (χ2n) is 4.26. The van der Waals surface area contributed by atoms with Crippen molar-refractivity contribution in [2.24, 2.45) is 0 Å². The van der Waals surface area contributed by atoms with Gasteiger partial charge >= 0.3 is 0 Å². The molecule has 2 heteroatoms. The first-order valence-corrected chi connectivity index (χ1v) is 7.10. The standard InChI is InChI=1S/C15H19NS/c1-3-5-9-13(16-4-2)15-11-12-8-6-7-10-14(12)17-15/h6-8,10,13,15-16H,4,9,11H2,1-2H3. The first-order chi connectivity index (χ1) is 8.35. The third kappa shape index (κ3) is 3.06. The molecule has 1 heterocycles. The second kappa shape index (κ2) is 6.14. The van der Waals surface area contributed by atoms with E-state index in [1.165, 1.54) is 16.9 Å². The summed E-state index contributed by atoms with van der Waals surface area (Å²) in [5.41, 5.74) is 1.50. The smallest absolute Gasteiger partial charge is 0.0302 e. The van der Waals surface area contributed by atoms with Gasteiger partial charge in [-0.25, -0.2) is 0 Å². The highest BCUT2D eigenvalue weighted by Gasteiger charge is 2.28. The van der Waals surface area contributed by atoms with Gasteiger partial charge in [-0.2, -0.15) is 0 Å². The summed E-state index contributed by atoms with van der Waals surface area (Å²) in [5, 5.41) is 4.20. The van der Waals surface area contributed by atoms with Crippen LogP contribution in [0.25, 0.3) is 0 Å². The lowest BCUT2D eigenvalue weighted by Crippen LogP contribution is -2.37. The molecule has 0 saturated heterocycles. The van der Waals surface area contributed by atoms with Gasteiger partial charge in [-0.15, -0.1) is 23.6 Å². The largest absolute Gasteiger partial charge is 0.312 e.